The number of allylic oxidation sites excluding steroid dienone is 2. The monoisotopic (exact) mass is 284 g/mol. The molecule has 0 bridgehead atoms. The Morgan fingerprint density at radius 3 is 1.56 bits per heavy atom. The van der Waals surface area contributed by atoms with Gasteiger partial charge in [-0.25, -0.2) is 0 Å². The minimum Gasteiger partial charge on any atom is -0.0875 e. The Labute approximate surface area is 118 Å². The molecule has 0 saturated carbocycles. The summed E-state index contributed by atoms with van der Waals surface area (Å²) in [4.78, 5) is 0. The maximum Gasteiger partial charge on any atom is 0.0570 e. The summed E-state index contributed by atoms with van der Waals surface area (Å²) in [7, 11) is -2.45. The van der Waals surface area contributed by atoms with Crippen molar-refractivity contribution in [3.63, 3.8) is 0 Å². The third-order valence-electron chi connectivity index (χ3n) is 4.98. The second kappa shape index (κ2) is 5.66. The van der Waals surface area contributed by atoms with E-state index in [-0.39, 0.29) is 0 Å². The fourth-order valence-electron chi connectivity index (χ4n) is 2.46. The summed E-state index contributed by atoms with van der Waals surface area (Å²) >= 11 is 0. The molecule has 0 aliphatic carbocycles. The Bertz CT molecular complexity index is 298. The molecule has 1 unspecified atom stereocenters. The summed E-state index contributed by atoms with van der Waals surface area (Å²) in [6, 6.07) is 0. The van der Waals surface area contributed by atoms with Crippen LogP contribution in [0.25, 0.3) is 0 Å². The van der Waals surface area contributed by atoms with Gasteiger partial charge < -0.3 is 0 Å². The van der Waals surface area contributed by atoms with Crippen LogP contribution in [0.4, 0.5) is 0 Å². The third-order valence-corrected chi connectivity index (χ3v) is 17.4. The highest BCUT2D eigenvalue weighted by molar-refractivity contribution is 6.98. The van der Waals surface area contributed by atoms with E-state index < -0.39 is 16.1 Å². The standard InChI is InChI=1S/C16H36Si2/c1-13(2)14(3)12-15(17(7,8)9)18(10,11)16(4,5)6/h12-13,15H,1-11H3/b14-12+. The zero-order chi connectivity index (χ0) is 14.9. The van der Waals surface area contributed by atoms with Gasteiger partial charge in [-0.05, 0) is 23.0 Å². The van der Waals surface area contributed by atoms with E-state index in [0.29, 0.717) is 11.0 Å². The molecule has 0 heterocycles. The molecule has 0 radical (unpaired) electrons. The molecular formula is C16H36Si2. The highest BCUT2D eigenvalue weighted by Gasteiger charge is 2.46. The molecule has 108 valence electrons. The van der Waals surface area contributed by atoms with Crippen LogP contribution in [0.5, 0.6) is 0 Å². The topological polar surface area (TPSA) is 0 Å². The first-order chi connectivity index (χ1) is 7.71. The molecule has 0 amide bonds. The maximum absolute atomic E-state index is 2.66. The van der Waals surface area contributed by atoms with Crippen LogP contribution in [0.3, 0.4) is 0 Å². The van der Waals surface area contributed by atoms with Crippen LogP contribution >= 0.6 is 0 Å². The van der Waals surface area contributed by atoms with Crippen molar-refractivity contribution in [2.24, 2.45) is 5.92 Å². The van der Waals surface area contributed by atoms with Crippen LogP contribution < -0.4 is 0 Å². The molecule has 1 atom stereocenters. The van der Waals surface area contributed by atoms with Gasteiger partial charge in [0.1, 0.15) is 0 Å². The Morgan fingerprint density at radius 1 is 0.944 bits per heavy atom. The lowest BCUT2D eigenvalue weighted by Gasteiger charge is -2.47. The van der Waals surface area contributed by atoms with Gasteiger partial charge in [-0.2, -0.15) is 0 Å². The van der Waals surface area contributed by atoms with Crippen LogP contribution in [0.1, 0.15) is 41.5 Å². The van der Waals surface area contributed by atoms with Crippen LogP contribution in [0.15, 0.2) is 11.6 Å². The van der Waals surface area contributed by atoms with E-state index in [1.54, 1.807) is 5.57 Å². The van der Waals surface area contributed by atoms with Crippen molar-refractivity contribution in [3.05, 3.63) is 11.6 Å². The molecule has 0 fully saturated rings. The Morgan fingerprint density at radius 2 is 1.33 bits per heavy atom. The first kappa shape index (κ1) is 18.2. The zero-order valence-corrected chi connectivity index (χ0v) is 16.7. The summed E-state index contributed by atoms with van der Waals surface area (Å²) in [6.45, 7) is 27.1. The van der Waals surface area contributed by atoms with E-state index in [2.05, 4.69) is 80.4 Å². The van der Waals surface area contributed by atoms with Gasteiger partial charge in [0.2, 0.25) is 0 Å². The molecule has 0 saturated heterocycles. The van der Waals surface area contributed by atoms with Crippen LogP contribution in [0, 0.1) is 5.92 Å². The van der Waals surface area contributed by atoms with Gasteiger partial charge in [0, 0.05) is 8.07 Å². The lowest BCUT2D eigenvalue weighted by atomic mass is 10.1. The van der Waals surface area contributed by atoms with Gasteiger partial charge in [0.05, 0.1) is 8.07 Å². The second-order valence-corrected chi connectivity index (χ2v) is 20.4. The first-order valence-corrected chi connectivity index (χ1v) is 14.0. The van der Waals surface area contributed by atoms with Gasteiger partial charge in [-0.1, -0.05) is 79.0 Å². The molecule has 0 aliphatic rings. The third kappa shape index (κ3) is 4.38. The predicted octanol–water partition coefficient (Wildman–Crippen LogP) is 6.34. The molecule has 0 N–H and O–H groups in total. The summed E-state index contributed by atoms with van der Waals surface area (Å²) in [5.74, 6) is 0.689. The normalized spacial score (nSPS) is 17.2. The Balaban J connectivity index is 5.62. The molecule has 0 aromatic carbocycles. The Hall–Kier alpha value is 0.174. The van der Waals surface area contributed by atoms with E-state index in [0.717, 1.165) is 5.16 Å². The molecule has 2 heteroatoms. The molecule has 0 nitrogen and oxygen atoms in total. The minimum absolute atomic E-state index is 0.478. The van der Waals surface area contributed by atoms with Crippen molar-refractivity contribution in [2.45, 2.75) is 84.5 Å². The first-order valence-electron chi connectivity index (χ1n) is 7.39. The van der Waals surface area contributed by atoms with Gasteiger partial charge >= 0.3 is 0 Å². The van der Waals surface area contributed by atoms with E-state index in [4.69, 9.17) is 0 Å². The average molecular weight is 285 g/mol. The van der Waals surface area contributed by atoms with Crippen molar-refractivity contribution in [3.8, 4) is 0 Å². The minimum atomic E-state index is -1.29. The second-order valence-electron chi connectivity index (χ2n) is 8.88. The number of hydrogen-bond acceptors (Lipinski definition) is 0. The maximum atomic E-state index is 2.66. The van der Waals surface area contributed by atoms with Crippen molar-refractivity contribution in [1.29, 1.82) is 0 Å². The molecule has 0 spiro atoms. The Kier molecular flexibility index (Phi) is 5.71. The van der Waals surface area contributed by atoms with Gasteiger partial charge in [0.15, 0.2) is 0 Å². The highest BCUT2D eigenvalue weighted by atomic mass is 28.4. The summed E-state index contributed by atoms with van der Waals surface area (Å²) < 4.78 is 0. The predicted molar refractivity (Wildman–Crippen MR) is 92.9 cm³/mol. The smallest absolute Gasteiger partial charge is 0.0570 e. The van der Waals surface area contributed by atoms with Crippen LogP contribution in [0.2, 0.25) is 42.9 Å². The SMILES string of the molecule is C/C(=C\C([Si](C)(C)C)[Si](C)(C)C(C)(C)C)C(C)C. The lowest BCUT2D eigenvalue weighted by molar-refractivity contribution is 0.710. The van der Waals surface area contributed by atoms with Crippen molar-refractivity contribution in [1.82, 2.24) is 0 Å². The number of hydrogen-bond donors (Lipinski definition) is 0. The quantitative estimate of drug-likeness (QED) is 0.417. The highest BCUT2D eigenvalue weighted by Crippen LogP contribution is 2.48. The van der Waals surface area contributed by atoms with Crippen molar-refractivity contribution >= 4 is 16.1 Å². The van der Waals surface area contributed by atoms with Crippen LogP contribution in [-0.2, 0) is 0 Å². The van der Waals surface area contributed by atoms with Crippen molar-refractivity contribution in [2.75, 3.05) is 0 Å². The molecule has 0 aromatic heterocycles. The summed E-state index contributed by atoms with van der Waals surface area (Å²) in [6.07, 6.45) is 2.66. The van der Waals surface area contributed by atoms with Crippen LogP contribution in [-0.4, -0.2) is 16.1 Å². The lowest BCUT2D eigenvalue weighted by Crippen LogP contribution is -2.50. The van der Waals surface area contributed by atoms with Gasteiger partial charge in [-0.15, -0.1) is 0 Å². The van der Waals surface area contributed by atoms with Gasteiger partial charge in [0.25, 0.3) is 0 Å². The molecule has 18 heavy (non-hydrogen) atoms. The van der Waals surface area contributed by atoms with E-state index in [1.807, 2.05) is 0 Å². The molecule has 0 rings (SSSR count). The average Bonchev–Trinajstić information content (AvgIpc) is 2.09. The zero-order valence-electron chi connectivity index (χ0n) is 14.7. The summed E-state index contributed by atoms with van der Waals surface area (Å²) in [5, 5.41) is 1.35. The van der Waals surface area contributed by atoms with Crippen molar-refractivity contribution < 1.29 is 0 Å². The van der Waals surface area contributed by atoms with E-state index >= 15 is 0 Å². The molecule has 0 aromatic rings. The molecular weight excluding hydrogens is 248 g/mol. The molecule has 0 aliphatic heterocycles. The fourth-order valence-corrected chi connectivity index (χ4v) is 14.8. The van der Waals surface area contributed by atoms with E-state index in [1.165, 1.54) is 0 Å². The summed E-state index contributed by atoms with van der Waals surface area (Å²) in [5.41, 5.74) is 1.59. The largest absolute Gasteiger partial charge is 0.0875 e. The fraction of sp³-hybridized carbons (Fsp3) is 0.875. The van der Waals surface area contributed by atoms with E-state index in [9.17, 15) is 0 Å². The van der Waals surface area contributed by atoms with Gasteiger partial charge in [-0.3, -0.25) is 0 Å². The number of rotatable bonds is 4.